The first kappa shape index (κ1) is 24.3. The normalized spacial score (nSPS) is 16.2. The van der Waals surface area contributed by atoms with Gasteiger partial charge in [0.1, 0.15) is 0 Å². The third-order valence-corrected chi connectivity index (χ3v) is 6.66. The largest absolute Gasteiger partial charge is 0.327 e. The van der Waals surface area contributed by atoms with Gasteiger partial charge >= 0.3 is 0 Å². The van der Waals surface area contributed by atoms with Gasteiger partial charge < -0.3 is 10.6 Å². The number of nitrogens with two attached hydrogens (primary N) is 1. The molecular formula is C33H34N2. The maximum atomic E-state index is 5.75. The van der Waals surface area contributed by atoms with Crippen molar-refractivity contribution in [3.63, 3.8) is 0 Å². The number of allylic oxidation sites excluding steroid dienone is 8. The van der Waals surface area contributed by atoms with E-state index < -0.39 is 0 Å². The van der Waals surface area contributed by atoms with Crippen LogP contribution in [0.2, 0.25) is 0 Å². The highest BCUT2D eigenvalue weighted by atomic mass is 15.1. The molecule has 2 nitrogen and oxygen atoms in total. The van der Waals surface area contributed by atoms with Crippen LogP contribution in [-0.4, -0.2) is 6.54 Å². The van der Waals surface area contributed by atoms with Crippen molar-refractivity contribution in [2.24, 2.45) is 11.7 Å². The Morgan fingerprint density at radius 1 is 1.03 bits per heavy atom. The molecule has 0 radical (unpaired) electrons. The average Bonchev–Trinajstić information content (AvgIpc) is 2.91. The van der Waals surface area contributed by atoms with Gasteiger partial charge in [0, 0.05) is 29.2 Å². The Balaban J connectivity index is 1.98. The number of hydrogen-bond acceptors (Lipinski definition) is 2. The zero-order chi connectivity index (χ0) is 24.8. The standard InChI is InChI=1S/C33H34N2/c1-5-24(3)33-26(6-2)15-12-20-31(33)29-21-22-32(30-19-11-10-18-28(29)30)35(25(4)14-13-23-34)27-16-8-7-9-17-27/h5-14,16-22,26H,2,4,15,23,34H2,1,3H3/b14-13-,24-5-/t26-/m0/s1. The third kappa shape index (κ3) is 4.84. The lowest BCUT2D eigenvalue weighted by Gasteiger charge is -2.29. The summed E-state index contributed by atoms with van der Waals surface area (Å²) >= 11 is 0. The molecule has 0 amide bonds. The lowest BCUT2D eigenvalue weighted by atomic mass is 9.79. The fourth-order valence-corrected chi connectivity index (χ4v) is 4.88. The fourth-order valence-electron chi connectivity index (χ4n) is 4.88. The van der Waals surface area contributed by atoms with Crippen LogP contribution in [0.1, 0.15) is 25.8 Å². The van der Waals surface area contributed by atoms with Gasteiger partial charge in [-0.2, -0.15) is 0 Å². The highest BCUT2D eigenvalue weighted by molar-refractivity contribution is 6.05. The van der Waals surface area contributed by atoms with Gasteiger partial charge in [-0.25, -0.2) is 0 Å². The summed E-state index contributed by atoms with van der Waals surface area (Å²) in [6, 6.07) is 23.5. The molecule has 1 aliphatic rings. The fraction of sp³-hybridized carbons (Fsp3) is 0.152. The Bertz CT molecular complexity index is 1350. The SMILES string of the molecule is C=C[C@H]1CC=CC(c2ccc(N(C(=C)/C=C\CN)c3ccccc3)c3ccccc23)=C1/C(C)=C\C. The maximum Gasteiger partial charge on any atom is 0.0540 e. The molecule has 4 rings (SSSR count). The van der Waals surface area contributed by atoms with Gasteiger partial charge in [-0.1, -0.05) is 91.1 Å². The highest BCUT2D eigenvalue weighted by Gasteiger charge is 2.22. The van der Waals surface area contributed by atoms with Crippen LogP contribution >= 0.6 is 0 Å². The van der Waals surface area contributed by atoms with Crippen molar-refractivity contribution in [2.45, 2.75) is 20.3 Å². The zero-order valence-corrected chi connectivity index (χ0v) is 20.7. The molecule has 176 valence electrons. The minimum atomic E-state index is 0.312. The first-order valence-corrected chi connectivity index (χ1v) is 12.2. The number of benzene rings is 3. The highest BCUT2D eigenvalue weighted by Crippen LogP contribution is 2.42. The van der Waals surface area contributed by atoms with Crippen LogP contribution in [0.3, 0.4) is 0 Å². The van der Waals surface area contributed by atoms with Gasteiger partial charge in [-0.05, 0) is 66.6 Å². The first-order chi connectivity index (χ1) is 17.1. The Labute approximate surface area is 209 Å². The Morgan fingerprint density at radius 2 is 1.74 bits per heavy atom. The molecule has 0 bridgehead atoms. The van der Waals surface area contributed by atoms with Crippen molar-refractivity contribution >= 4 is 27.7 Å². The second-order valence-electron chi connectivity index (χ2n) is 8.76. The molecule has 0 saturated carbocycles. The van der Waals surface area contributed by atoms with Crippen molar-refractivity contribution in [1.29, 1.82) is 0 Å². The Kier molecular flexibility index (Phi) is 7.64. The molecule has 0 spiro atoms. The van der Waals surface area contributed by atoms with E-state index in [1.54, 1.807) is 0 Å². The quantitative estimate of drug-likeness (QED) is 0.271. The minimum Gasteiger partial charge on any atom is -0.327 e. The molecule has 2 heteroatoms. The lowest BCUT2D eigenvalue weighted by molar-refractivity contribution is 0.778. The topological polar surface area (TPSA) is 29.3 Å². The van der Waals surface area contributed by atoms with Gasteiger partial charge in [-0.3, -0.25) is 0 Å². The monoisotopic (exact) mass is 458 g/mol. The van der Waals surface area contributed by atoms with Gasteiger partial charge in [0.25, 0.3) is 0 Å². The van der Waals surface area contributed by atoms with E-state index in [-0.39, 0.29) is 0 Å². The smallest absolute Gasteiger partial charge is 0.0540 e. The van der Waals surface area contributed by atoms with Crippen molar-refractivity contribution < 1.29 is 0 Å². The lowest BCUT2D eigenvalue weighted by Crippen LogP contribution is -2.15. The number of hydrogen-bond donors (Lipinski definition) is 1. The predicted molar refractivity (Wildman–Crippen MR) is 154 cm³/mol. The molecule has 0 saturated heterocycles. The predicted octanol–water partition coefficient (Wildman–Crippen LogP) is 8.49. The second kappa shape index (κ2) is 11.0. The molecule has 0 aromatic heterocycles. The van der Waals surface area contributed by atoms with E-state index in [9.17, 15) is 0 Å². The van der Waals surface area contributed by atoms with Crippen LogP contribution in [-0.2, 0) is 0 Å². The summed E-state index contributed by atoms with van der Waals surface area (Å²) in [5.74, 6) is 0.312. The van der Waals surface area contributed by atoms with Crippen LogP contribution in [0.4, 0.5) is 11.4 Å². The Hall–Kier alpha value is -3.88. The van der Waals surface area contributed by atoms with Crippen LogP contribution in [0, 0.1) is 5.92 Å². The first-order valence-electron chi connectivity index (χ1n) is 12.2. The molecule has 35 heavy (non-hydrogen) atoms. The van der Waals surface area contributed by atoms with E-state index in [1.807, 2.05) is 18.2 Å². The summed E-state index contributed by atoms with van der Waals surface area (Å²) in [4.78, 5) is 2.20. The third-order valence-electron chi connectivity index (χ3n) is 6.66. The number of para-hydroxylation sites is 1. The van der Waals surface area contributed by atoms with Crippen molar-refractivity contribution in [3.8, 4) is 0 Å². The number of fused-ring (bicyclic) bond motifs is 1. The summed E-state index contributed by atoms with van der Waals surface area (Å²) in [6.45, 7) is 13.3. The molecule has 3 aromatic carbocycles. The van der Waals surface area contributed by atoms with Crippen LogP contribution in [0.5, 0.6) is 0 Å². The van der Waals surface area contributed by atoms with Crippen LogP contribution in [0.25, 0.3) is 16.3 Å². The number of nitrogens with zero attached hydrogens (tertiary/aromatic N) is 1. The molecule has 0 aliphatic heterocycles. The van der Waals surface area contributed by atoms with E-state index in [0.29, 0.717) is 12.5 Å². The molecular weight excluding hydrogens is 424 g/mol. The van der Waals surface area contributed by atoms with E-state index in [4.69, 9.17) is 5.73 Å². The van der Waals surface area contributed by atoms with Gasteiger partial charge in [-0.15, -0.1) is 6.58 Å². The number of anilines is 2. The molecule has 0 fully saturated rings. The molecule has 1 atom stereocenters. The van der Waals surface area contributed by atoms with E-state index in [2.05, 4.69) is 117 Å². The van der Waals surface area contributed by atoms with E-state index in [0.717, 1.165) is 23.5 Å². The zero-order valence-electron chi connectivity index (χ0n) is 20.7. The molecule has 3 aromatic rings. The maximum absolute atomic E-state index is 5.75. The van der Waals surface area contributed by atoms with Crippen molar-refractivity contribution in [1.82, 2.24) is 0 Å². The minimum absolute atomic E-state index is 0.312. The number of rotatable bonds is 8. The molecule has 0 unspecified atom stereocenters. The van der Waals surface area contributed by atoms with Crippen LogP contribution < -0.4 is 10.6 Å². The van der Waals surface area contributed by atoms with Gasteiger partial charge in [0.2, 0.25) is 0 Å². The molecule has 2 N–H and O–H groups in total. The second-order valence-corrected chi connectivity index (χ2v) is 8.76. The van der Waals surface area contributed by atoms with Gasteiger partial charge in [0.15, 0.2) is 0 Å². The summed E-state index contributed by atoms with van der Waals surface area (Å²) in [5, 5.41) is 2.39. The Morgan fingerprint density at radius 3 is 2.43 bits per heavy atom. The summed E-state index contributed by atoms with van der Waals surface area (Å²) < 4.78 is 0. The summed E-state index contributed by atoms with van der Waals surface area (Å²) in [7, 11) is 0. The average molecular weight is 459 g/mol. The van der Waals surface area contributed by atoms with Gasteiger partial charge in [0.05, 0.1) is 5.69 Å². The van der Waals surface area contributed by atoms with Crippen molar-refractivity contribution in [2.75, 3.05) is 11.4 Å². The van der Waals surface area contributed by atoms with E-state index in [1.165, 1.54) is 33.1 Å². The van der Waals surface area contributed by atoms with Crippen molar-refractivity contribution in [3.05, 3.63) is 139 Å². The summed E-state index contributed by atoms with van der Waals surface area (Å²) in [6.07, 6.45) is 13.7. The van der Waals surface area contributed by atoms with Crippen LogP contribution in [0.15, 0.2) is 133 Å². The molecule has 0 heterocycles. The molecule has 1 aliphatic carbocycles. The summed E-state index contributed by atoms with van der Waals surface area (Å²) in [5.41, 5.74) is 13.9. The van der Waals surface area contributed by atoms with E-state index >= 15 is 0 Å².